The summed E-state index contributed by atoms with van der Waals surface area (Å²) in [6, 6.07) is 15.0. The van der Waals surface area contributed by atoms with Gasteiger partial charge in [-0.25, -0.2) is 4.79 Å². The summed E-state index contributed by atoms with van der Waals surface area (Å²) in [5.74, 6) is 0.205. The Bertz CT molecular complexity index is 1630. The highest BCUT2D eigenvalue weighted by molar-refractivity contribution is 7.99. The van der Waals surface area contributed by atoms with Crippen molar-refractivity contribution in [3.63, 3.8) is 0 Å². The second-order valence-corrected chi connectivity index (χ2v) is 12.0. The second-order valence-electron chi connectivity index (χ2n) is 9.95. The highest BCUT2D eigenvalue weighted by Gasteiger charge is 2.28. The number of carbonyl (C=O) groups excluding carboxylic acids is 3. The number of nitrogens with zero attached hydrogens (tertiary/aromatic N) is 3. The van der Waals surface area contributed by atoms with Crippen molar-refractivity contribution in [2.75, 3.05) is 24.3 Å². The lowest BCUT2D eigenvalue weighted by molar-refractivity contribution is -0.123. The highest BCUT2D eigenvalue weighted by atomic mass is 32.2. The molecule has 0 saturated heterocycles. The molecule has 2 amide bonds. The van der Waals surface area contributed by atoms with Crippen molar-refractivity contribution in [2.24, 2.45) is 0 Å². The van der Waals surface area contributed by atoms with Gasteiger partial charge in [-0.2, -0.15) is 0 Å². The topological polar surface area (TPSA) is 124 Å². The minimum atomic E-state index is -0.402. The number of aryl methyl sites for hydroxylation is 2. The first kappa shape index (κ1) is 30.3. The normalized spacial score (nSPS) is 12.1. The SMILES string of the molecule is CCOC(=O)c1c(NC(=O)CSc2nnc(CNC(=O)COc3ccccc3)n2-c2cccc(C)c2C)sc2c1CCC2. The smallest absolute Gasteiger partial charge is 0.341 e. The van der Waals surface area contributed by atoms with E-state index < -0.39 is 5.97 Å². The van der Waals surface area contributed by atoms with Crippen LogP contribution < -0.4 is 15.4 Å². The van der Waals surface area contributed by atoms with Crippen LogP contribution in [0.1, 0.15) is 51.1 Å². The van der Waals surface area contributed by atoms with Gasteiger partial charge in [0.25, 0.3) is 5.91 Å². The van der Waals surface area contributed by atoms with E-state index in [2.05, 4.69) is 20.8 Å². The Balaban J connectivity index is 1.30. The van der Waals surface area contributed by atoms with Crippen LogP contribution in [0.4, 0.5) is 5.00 Å². The molecule has 0 radical (unpaired) electrons. The number of hydrogen-bond acceptors (Lipinski definition) is 9. The number of anilines is 1. The van der Waals surface area contributed by atoms with Crippen LogP contribution in [0.2, 0.25) is 0 Å². The van der Waals surface area contributed by atoms with E-state index >= 15 is 0 Å². The molecule has 43 heavy (non-hydrogen) atoms. The summed E-state index contributed by atoms with van der Waals surface area (Å²) in [6.45, 7) is 6.05. The maximum absolute atomic E-state index is 13.1. The molecule has 5 rings (SSSR count). The summed E-state index contributed by atoms with van der Waals surface area (Å²) in [7, 11) is 0. The average molecular weight is 620 g/mol. The maximum atomic E-state index is 13.1. The molecule has 2 aromatic heterocycles. The summed E-state index contributed by atoms with van der Waals surface area (Å²) in [4.78, 5) is 39.5. The lowest BCUT2D eigenvalue weighted by atomic mass is 10.1. The van der Waals surface area contributed by atoms with Gasteiger partial charge in [0.2, 0.25) is 5.91 Å². The first-order valence-corrected chi connectivity index (χ1v) is 15.9. The number of thiophene rings is 1. The summed E-state index contributed by atoms with van der Waals surface area (Å²) in [5.41, 5.74) is 4.44. The van der Waals surface area contributed by atoms with Crippen LogP contribution in [-0.4, -0.2) is 51.5 Å². The molecule has 12 heteroatoms. The number of fused-ring (bicyclic) bond motifs is 1. The lowest BCUT2D eigenvalue weighted by Crippen LogP contribution is -2.29. The molecule has 4 aromatic rings. The van der Waals surface area contributed by atoms with Crippen molar-refractivity contribution in [1.29, 1.82) is 0 Å². The van der Waals surface area contributed by atoms with Crippen molar-refractivity contribution in [3.8, 4) is 11.4 Å². The third-order valence-electron chi connectivity index (χ3n) is 7.06. The van der Waals surface area contributed by atoms with Gasteiger partial charge < -0.3 is 20.1 Å². The zero-order valence-electron chi connectivity index (χ0n) is 24.3. The molecular formula is C31H33N5O5S2. The van der Waals surface area contributed by atoms with Crippen LogP contribution in [0.15, 0.2) is 53.7 Å². The number of esters is 1. The minimum absolute atomic E-state index is 0.0467. The number of rotatable bonds is 12. The Labute approximate surface area is 258 Å². The molecule has 0 saturated carbocycles. The molecule has 224 valence electrons. The molecule has 0 unspecified atom stereocenters. The quantitative estimate of drug-likeness (QED) is 0.167. The largest absolute Gasteiger partial charge is 0.484 e. The Morgan fingerprint density at radius 3 is 2.63 bits per heavy atom. The fraction of sp³-hybridized carbons (Fsp3) is 0.323. The van der Waals surface area contributed by atoms with E-state index in [1.54, 1.807) is 19.1 Å². The van der Waals surface area contributed by atoms with E-state index in [0.29, 0.717) is 27.3 Å². The zero-order chi connectivity index (χ0) is 30.3. The van der Waals surface area contributed by atoms with Crippen molar-refractivity contribution in [3.05, 3.63) is 81.5 Å². The fourth-order valence-corrected chi connectivity index (χ4v) is 6.88. The van der Waals surface area contributed by atoms with Crippen LogP contribution in [-0.2, 0) is 33.7 Å². The van der Waals surface area contributed by atoms with E-state index in [0.717, 1.165) is 46.5 Å². The fourth-order valence-electron chi connectivity index (χ4n) is 4.83. The summed E-state index contributed by atoms with van der Waals surface area (Å²) < 4.78 is 12.7. The molecule has 0 fully saturated rings. The van der Waals surface area contributed by atoms with E-state index in [1.807, 2.05) is 54.8 Å². The molecule has 0 atom stereocenters. The standard InChI is InChI=1S/C31H33N5O5S2/c1-4-40-30(39)28-22-13-9-15-24(22)43-29(28)33-27(38)18-42-31-35-34-25(36(31)23-14-8-10-19(2)20(23)3)16-32-26(37)17-41-21-11-6-5-7-12-21/h5-8,10-12,14H,4,9,13,15-18H2,1-3H3,(H,32,37)(H,33,38). The van der Waals surface area contributed by atoms with Gasteiger partial charge in [-0.05, 0) is 74.9 Å². The predicted molar refractivity (Wildman–Crippen MR) is 166 cm³/mol. The van der Waals surface area contributed by atoms with Gasteiger partial charge in [-0.3, -0.25) is 14.2 Å². The molecule has 0 aliphatic heterocycles. The van der Waals surface area contributed by atoms with E-state index in [-0.39, 0.29) is 37.3 Å². The van der Waals surface area contributed by atoms with Crippen molar-refractivity contribution in [2.45, 2.75) is 51.7 Å². The van der Waals surface area contributed by atoms with E-state index in [4.69, 9.17) is 9.47 Å². The van der Waals surface area contributed by atoms with E-state index in [1.165, 1.54) is 23.1 Å². The predicted octanol–water partition coefficient (Wildman–Crippen LogP) is 5.04. The maximum Gasteiger partial charge on any atom is 0.341 e. The second kappa shape index (κ2) is 13.9. The Morgan fingerprint density at radius 1 is 1.02 bits per heavy atom. The van der Waals surface area contributed by atoms with Gasteiger partial charge in [-0.15, -0.1) is 21.5 Å². The molecule has 2 N–H and O–H groups in total. The third kappa shape index (κ3) is 7.08. The summed E-state index contributed by atoms with van der Waals surface area (Å²) in [6.07, 6.45) is 2.70. The average Bonchev–Trinajstić information content (AvgIpc) is 3.71. The summed E-state index contributed by atoms with van der Waals surface area (Å²) >= 11 is 2.68. The Morgan fingerprint density at radius 2 is 1.84 bits per heavy atom. The van der Waals surface area contributed by atoms with Gasteiger partial charge in [-0.1, -0.05) is 42.1 Å². The first-order chi connectivity index (χ1) is 20.9. The number of nitrogens with one attached hydrogen (secondary N) is 2. The van der Waals surface area contributed by atoms with Gasteiger partial charge in [0, 0.05) is 4.88 Å². The van der Waals surface area contributed by atoms with Gasteiger partial charge >= 0.3 is 5.97 Å². The number of amides is 2. The van der Waals surface area contributed by atoms with Crippen LogP contribution in [0.25, 0.3) is 5.69 Å². The monoisotopic (exact) mass is 619 g/mol. The summed E-state index contributed by atoms with van der Waals surface area (Å²) in [5, 5.41) is 15.5. The van der Waals surface area contributed by atoms with Gasteiger partial charge in [0.05, 0.1) is 30.2 Å². The van der Waals surface area contributed by atoms with Gasteiger partial charge in [0.1, 0.15) is 10.8 Å². The number of benzene rings is 2. The number of aromatic nitrogens is 3. The molecule has 2 heterocycles. The molecule has 0 bridgehead atoms. The Kier molecular flexibility index (Phi) is 9.78. The molecule has 10 nitrogen and oxygen atoms in total. The van der Waals surface area contributed by atoms with Crippen molar-refractivity contribution in [1.82, 2.24) is 20.1 Å². The van der Waals surface area contributed by atoms with Crippen LogP contribution in [0.3, 0.4) is 0 Å². The molecule has 1 aliphatic rings. The van der Waals surface area contributed by atoms with Crippen LogP contribution in [0.5, 0.6) is 5.75 Å². The number of hydrogen-bond donors (Lipinski definition) is 2. The molecule has 0 spiro atoms. The van der Waals surface area contributed by atoms with Crippen molar-refractivity contribution < 1.29 is 23.9 Å². The number of thioether (sulfide) groups is 1. The molecule has 1 aliphatic carbocycles. The van der Waals surface area contributed by atoms with Crippen LogP contribution >= 0.6 is 23.1 Å². The first-order valence-electron chi connectivity index (χ1n) is 14.1. The zero-order valence-corrected chi connectivity index (χ0v) is 25.9. The molecule has 2 aromatic carbocycles. The number of carbonyl (C=O) groups is 3. The number of ether oxygens (including phenoxy) is 2. The Hall–Kier alpha value is -4.16. The third-order valence-corrected chi connectivity index (χ3v) is 9.20. The van der Waals surface area contributed by atoms with Crippen LogP contribution in [0, 0.1) is 13.8 Å². The highest BCUT2D eigenvalue weighted by Crippen LogP contribution is 2.39. The molecular weight excluding hydrogens is 587 g/mol. The van der Waals surface area contributed by atoms with Gasteiger partial charge in [0.15, 0.2) is 17.6 Å². The number of para-hydroxylation sites is 1. The minimum Gasteiger partial charge on any atom is -0.484 e. The van der Waals surface area contributed by atoms with E-state index in [9.17, 15) is 14.4 Å². The van der Waals surface area contributed by atoms with Crippen molar-refractivity contribution >= 4 is 45.9 Å². The lowest BCUT2D eigenvalue weighted by Gasteiger charge is -2.15.